The number of hydrogen-bond acceptors (Lipinski definition) is 6. The van der Waals surface area contributed by atoms with Gasteiger partial charge in [-0.2, -0.15) is 21.6 Å². The number of hydrogen-bond donors (Lipinski definition) is 0. The molecule has 2 aromatic rings. The molecule has 0 aliphatic carbocycles. The Morgan fingerprint density at radius 2 is 1.77 bits per heavy atom. The summed E-state index contributed by atoms with van der Waals surface area (Å²) >= 11 is 5.83. The van der Waals surface area contributed by atoms with Gasteiger partial charge in [0.1, 0.15) is 18.4 Å². The highest BCUT2D eigenvalue weighted by Gasteiger charge is 2.33. The van der Waals surface area contributed by atoms with Gasteiger partial charge in [0.2, 0.25) is 0 Å². The van der Waals surface area contributed by atoms with Gasteiger partial charge in [0.15, 0.2) is 10.9 Å². The molecule has 0 aliphatic rings. The lowest BCUT2D eigenvalue weighted by Gasteiger charge is -2.20. The summed E-state index contributed by atoms with van der Waals surface area (Å²) in [4.78, 5) is 3.26. The standard InChI is InChI=1S/C20H23ClF3NO5S/c1-3-4-11-28-12-15(13-29-31(26,27)16-7-5-14(2)6-8-16)30-17-9-10-18(20(22,23)24)25-19(17)21/h5-10,15H,3-4,11-13H2,1-2H3. The Hall–Kier alpha value is -1.88. The monoisotopic (exact) mass is 481 g/mol. The molecule has 0 N–H and O–H groups in total. The van der Waals surface area contributed by atoms with E-state index in [1.807, 2.05) is 13.8 Å². The fourth-order valence-corrected chi connectivity index (χ4v) is 3.50. The van der Waals surface area contributed by atoms with Gasteiger partial charge in [-0.25, -0.2) is 4.98 Å². The molecule has 0 radical (unpaired) electrons. The smallest absolute Gasteiger partial charge is 0.433 e. The molecule has 6 nitrogen and oxygen atoms in total. The molecule has 0 bridgehead atoms. The molecular weight excluding hydrogens is 459 g/mol. The van der Waals surface area contributed by atoms with Crippen molar-refractivity contribution in [2.75, 3.05) is 19.8 Å². The molecule has 1 unspecified atom stereocenters. The van der Waals surface area contributed by atoms with E-state index < -0.39 is 39.9 Å². The van der Waals surface area contributed by atoms with Gasteiger partial charge in [-0.15, -0.1) is 0 Å². The van der Waals surface area contributed by atoms with Crippen molar-refractivity contribution >= 4 is 21.7 Å². The predicted molar refractivity (Wildman–Crippen MR) is 109 cm³/mol. The van der Waals surface area contributed by atoms with Crippen molar-refractivity contribution in [1.29, 1.82) is 0 Å². The molecule has 1 heterocycles. The maximum Gasteiger partial charge on any atom is 0.433 e. The van der Waals surface area contributed by atoms with E-state index in [9.17, 15) is 21.6 Å². The van der Waals surface area contributed by atoms with Crippen LogP contribution in [0.5, 0.6) is 5.75 Å². The Kier molecular flexibility index (Phi) is 9.11. The van der Waals surface area contributed by atoms with Crippen molar-refractivity contribution in [2.45, 2.75) is 43.9 Å². The summed E-state index contributed by atoms with van der Waals surface area (Å²) < 4.78 is 79.3. The molecule has 31 heavy (non-hydrogen) atoms. The van der Waals surface area contributed by atoms with E-state index in [2.05, 4.69) is 4.98 Å². The minimum absolute atomic E-state index is 0.0296. The summed E-state index contributed by atoms with van der Waals surface area (Å²) in [5.74, 6) is -0.143. The third kappa shape index (κ3) is 7.95. The maximum absolute atomic E-state index is 12.8. The van der Waals surface area contributed by atoms with Crippen molar-refractivity contribution in [3.05, 3.63) is 52.8 Å². The predicted octanol–water partition coefficient (Wildman–Crippen LogP) is 5.03. The van der Waals surface area contributed by atoms with Gasteiger partial charge in [0, 0.05) is 6.61 Å². The topological polar surface area (TPSA) is 74.7 Å². The number of pyridine rings is 1. The Labute approximate surface area is 184 Å². The van der Waals surface area contributed by atoms with Crippen LogP contribution >= 0.6 is 11.6 Å². The fourth-order valence-electron chi connectivity index (χ4n) is 2.36. The van der Waals surface area contributed by atoms with Crippen LogP contribution in [-0.2, 0) is 25.2 Å². The molecule has 1 aromatic carbocycles. The lowest BCUT2D eigenvalue weighted by molar-refractivity contribution is -0.141. The van der Waals surface area contributed by atoms with Crippen LogP contribution in [0.1, 0.15) is 31.0 Å². The normalized spacial score (nSPS) is 13.2. The maximum atomic E-state index is 12.8. The molecule has 0 saturated heterocycles. The van der Waals surface area contributed by atoms with Gasteiger partial charge >= 0.3 is 6.18 Å². The Morgan fingerprint density at radius 3 is 2.35 bits per heavy atom. The lowest BCUT2D eigenvalue weighted by Crippen LogP contribution is -2.30. The molecule has 2 rings (SSSR count). The summed E-state index contributed by atoms with van der Waals surface area (Å²) in [6, 6.07) is 7.83. The molecule has 11 heteroatoms. The van der Waals surface area contributed by atoms with Crippen LogP contribution in [0.3, 0.4) is 0 Å². The first-order valence-electron chi connectivity index (χ1n) is 9.47. The van der Waals surface area contributed by atoms with E-state index in [0.29, 0.717) is 6.61 Å². The van der Waals surface area contributed by atoms with Gasteiger partial charge in [-0.3, -0.25) is 4.18 Å². The SMILES string of the molecule is CCCCOCC(COS(=O)(=O)c1ccc(C)cc1)Oc1ccc(C(F)(F)F)nc1Cl. The lowest BCUT2D eigenvalue weighted by atomic mass is 10.2. The van der Waals surface area contributed by atoms with Gasteiger partial charge in [0.25, 0.3) is 10.1 Å². The second kappa shape index (κ2) is 11.1. The highest BCUT2D eigenvalue weighted by atomic mass is 35.5. The largest absolute Gasteiger partial charge is 0.482 e. The molecule has 0 spiro atoms. The van der Waals surface area contributed by atoms with Crippen molar-refractivity contribution in [1.82, 2.24) is 4.98 Å². The third-order valence-electron chi connectivity index (χ3n) is 4.06. The van der Waals surface area contributed by atoms with E-state index in [-0.39, 0.29) is 17.3 Å². The van der Waals surface area contributed by atoms with Crippen LogP contribution in [0.25, 0.3) is 0 Å². The van der Waals surface area contributed by atoms with E-state index in [1.165, 1.54) is 12.1 Å². The summed E-state index contributed by atoms with van der Waals surface area (Å²) in [6.45, 7) is 3.71. The van der Waals surface area contributed by atoms with Crippen molar-refractivity contribution in [2.24, 2.45) is 0 Å². The molecule has 0 amide bonds. The van der Waals surface area contributed by atoms with Crippen LogP contribution in [-0.4, -0.2) is 39.3 Å². The van der Waals surface area contributed by atoms with Crippen molar-refractivity contribution in [3.8, 4) is 5.75 Å². The highest BCUT2D eigenvalue weighted by molar-refractivity contribution is 7.86. The number of nitrogens with zero attached hydrogens (tertiary/aromatic N) is 1. The number of rotatable bonds is 11. The minimum Gasteiger partial charge on any atom is -0.482 e. The zero-order valence-electron chi connectivity index (χ0n) is 17.0. The number of aromatic nitrogens is 1. The third-order valence-corrected chi connectivity index (χ3v) is 5.63. The van der Waals surface area contributed by atoms with E-state index in [0.717, 1.165) is 30.5 Å². The zero-order valence-corrected chi connectivity index (χ0v) is 18.6. The van der Waals surface area contributed by atoms with E-state index in [1.54, 1.807) is 12.1 Å². The summed E-state index contributed by atoms with van der Waals surface area (Å²) in [5, 5.41) is -0.505. The number of halogens is 4. The molecule has 0 saturated carbocycles. The van der Waals surface area contributed by atoms with Crippen LogP contribution in [0.15, 0.2) is 41.3 Å². The van der Waals surface area contributed by atoms with Gasteiger partial charge in [0.05, 0.1) is 11.5 Å². The van der Waals surface area contributed by atoms with E-state index >= 15 is 0 Å². The fraction of sp³-hybridized carbons (Fsp3) is 0.450. The Bertz CT molecular complexity index is 952. The summed E-state index contributed by atoms with van der Waals surface area (Å²) in [5.41, 5.74) is -0.285. The minimum atomic E-state index is -4.66. The number of ether oxygens (including phenoxy) is 2. The Balaban J connectivity index is 2.12. The first-order chi connectivity index (χ1) is 14.5. The molecule has 172 valence electrons. The van der Waals surface area contributed by atoms with Crippen LogP contribution in [0.2, 0.25) is 5.15 Å². The molecular formula is C20H23ClF3NO5S. The number of alkyl halides is 3. The molecule has 1 aromatic heterocycles. The summed E-state index contributed by atoms with van der Waals surface area (Å²) in [6.07, 6.45) is -3.94. The Morgan fingerprint density at radius 1 is 1.10 bits per heavy atom. The van der Waals surface area contributed by atoms with Gasteiger partial charge < -0.3 is 9.47 Å². The summed E-state index contributed by atoms with van der Waals surface area (Å²) in [7, 11) is -4.07. The second-order valence-corrected chi connectivity index (χ2v) is 8.68. The number of benzene rings is 1. The highest BCUT2D eigenvalue weighted by Crippen LogP contribution is 2.32. The first kappa shape index (κ1) is 25.4. The van der Waals surface area contributed by atoms with Gasteiger partial charge in [-0.1, -0.05) is 42.6 Å². The zero-order chi connectivity index (χ0) is 23.1. The first-order valence-corrected chi connectivity index (χ1v) is 11.3. The van der Waals surface area contributed by atoms with Crippen molar-refractivity contribution in [3.63, 3.8) is 0 Å². The van der Waals surface area contributed by atoms with Crippen LogP contribution in [0.4, 0.5) is 13.2 Å². The second-order valence-electron chi connectivity index (χ2n) is 6.70. The van der Waals surface area contributed by atoms with Crippen LogP contribution in [0, 0.1) is 6.92 Å². The van der Waals surface area contributed by atoms with Gasteiger partial charge in [-0.05, 0) is 37.6 Å². The van der Waals surface area contributed by atoms with Crippen LogP contribution < -0.4 is 4.74 Å². The molecule has 0 aliphatic heterocycles. The molecule has 1 atom stereocenters. The van der Waals surface area contributed by atoms with E-state index in [4.69, 9.17) is 25.3 Å². The molecule has 0 fully saturated rings. The number of unbranched alkanes of at least 4 members (excludes halogenated alkanes) is 1. The number of aryl methyl sites for hydroxylation is 1. The quantitative estimate of drug-likeness (QED) is 0.254. The van der Waals surface area contributed by atoms with Crippen molar-refractivity contribution < 1.29 is 35.2 Å². The average molecular weight is 482 g/mol. The average Bonchev–Trinajstić information content (AvgIpc) is 2.70.